The van der Waals surface area contributed by atoms with E-state index in [0.29, 0.717) is 17.1 Å². The quantitative estimate of drug-likeness (QED) is 0.884. The van der Waals surface area contributed by atoms with Crippen molar-refractivity contribution in [3.8, 4) is 5.75 Å². The summed E-state index contributed by atoms with van der Waals surface area (Å²) in [5.41, 5.74) is -0.445. The fourth-order valence-electron chi connectivity index (χ4n) is 1.97. The Bertz CT molecular complexity index is 789. The molecule has 0 atom stereocenters. The molecule has 2 rings (SSSR count). The van der Waals surface area contributed by atoms with Gasteiger partial charge in [0.2, 0.25) is 5.91 Å². The van der Waals surface area contributed by atoms with Gasteiger partial charge >= 0.3 is 6.18 Å². The largest absolute Gasteiger partial charge is 0.495 e. The number of carbonyl (C=O) groups is 2. The van der Waals surface area contributed by atoms with E-state index in [1.54, 1.807) is 0 Å². The molecule has 9 heteroatoms. The summed E-state index contributed by atoms with van der Waals surface area (Å²) in [4.78, 5) is 26.5. The minimum Gasteiger partial charge on any atom is -0.495 e. The van der Waals surface area contributed by atoms with E-state index < -0.39 is 17.8 Å². The maximum absolute atomic E-state index is 12.5. The maximum atomic E-state index is 12.5. The first-order valence-electron chi connectivity index (χ1n) is 7.01. The van der Waals surface area contributed by atoms with Gasteiger partial charge in [0.15, 0.2) is 0 Å². The summed E-state index contributed by atoms with van der Waals surface area (Å²) in [6.07, 6.45) is -3.73. The topological polar surface area (TPSA) is 80.3 Å². The van der Waals surface area contributed by atoms with Crippen molar-refractivity contribution in [1.29, 1.82) is 0 Å². The molecule has 0 fully saturated rings. The zero-order valence-electron chi connectivity index (χ0n) is 13.3. The zero-order valence-corrected chi connectivity index (χ0v) is 13.3. The van der Waals surface area contributed by atoms with Crippen molar-refractivity contribution >= 4 is 23.2 Å². The minimum atomic E-state index is -4.57. The Morgan fingerprint density at radius 2 is 1.84 bits per heavy atom. The van der Waals surface area contributed by atoms with Crippen LogP contribution in [-0.2, 0) is 11.0 Å². The Morgan fingerprint density at radius 1 is 1.12 bits per heavy atom. The number of benzene rings is 1. The van der Waals surface area contributed by atoms with Crippen LogP contribution in [0.1, 0.15) is 23.0 Å². The average Bonchev–Trinajstić information content (AvgIpc) is 2.54. The standard InChI is InChI=1S/C16H14F3N3O3/c1-9(23)21-12-7-11(4-5-13(12)25-2)22-15(24)10-3-6-14(20-8-10)16(17,18)19/h3-8H,1-2H3,(H,21,23)(H,22,24). The molecule has 0 aliphatic carbocycles. The number of aromatic nitrogens is 1. The van der Waals surface area contributed by atoms with E-state index in [9.17, 15) is 22.8 Å². The fourth-order valence-corrected chi connectivity index (χ4v) is 1.97. The summed E-state index contributed by atoms with van der Waals surface area (Å²) in [5, 5.41) is 5.06. The third-order valence-electron chi connectivity index (χ3n) is 3.08. The summed E-state index contributed by atoms with van der Waals surface area (Å²) in [5.74, 6) is -0.571. The second kappa shape index (κ2) is 7.20. The summed E-state index contributed by atoms with van der Waals surface area (Å²) in [7, 11) is 1.42. The summed E-state index contributed by atoms with van der Waals surface area (Å²) >= 11 is 0. The van der Waals surface area contributed by atoms with Crippen molar-refractivity contribution in [3.05, 3.63) is 47.8 Å². The van der Waals surface area contributed by atoms with Crippen molar-refractivity contribution in [2.24, 2.45) is 0 Å². The number of ether oxygens (including phenoxy) is 1. The normalized spacial score (nSPS) is 10.9. The lowest BCUT2D eigenvalue weighted by Gasteiger charge is -2.12. The Balaban J connectivity index is 2.18. The number of carbonyl (C=O) groups excluding carboxylic acids is 2. The molecule has 0 aliphatic rings. The fraction of sp³-hybridized carbons (Fsp3) is 0.188. The number of amides is 2. The lowest BCUT2D eigenvalue weighted by atomic mass is 10.2. The molecule has 0 bridgehead atoms. The average molecular weight is 353 g/mol. The lowest BCUT2D eigenvalue weighted by molar-refractivity contribution is -0.141. The highest BCUT2D eigenvalue weighted by atomic mass is 19.4. The van der Waals surface area contributed by atoms with Crippen LogP contribution in [0.2, 0.25) is 0 Å². The Labute approximate surface area is 141 Å². The van der Waals surface area contributed by atoms with Gasteiger partial charge in [-0.2, -0.15) is 13.2 Å². The number of nitrogens with zero attached hydrogens (tertiary/aromatic N) is 1. The van der Waals surface area contributed by atoms with Gasteiger partial charge in [0.1, 0.15) is 11.4 Å². The lowest BCUT2D eigenvalue weighted by Crippen LogP contribution is -2.15. The molecular formula is C16H14F3N3O3. The first-order valence-corrected chi connectivity index (χ1v) is 7.01. The number of halogens is 3. The molecule has 6 nitrogen and oxygen atoms in total. The predicted octanol–water partition coefficient (Wildman–Crippen LogP) is 3.32. The minimum absolute atomic E-state index is 0.0371. The first kappa shape index (κ1) is 18.2. The second-order valence-corrected chi connectivity index (χ2v) is 4.98. The number of rotatable bonds is 4. The van der Waals surface area contributed by atoms with Crippen LogP contribution >= 0.6 is 0 Å². The van der Waals surface area contributed by atoms with Gasteiger partial charge in [-0.1, -0.05) is 0 Å². The number of methoxy groups -OCH3 is 1. The number of alkyl halides is 3. The Hall–Kier alpha value is -3.10. The SMILES string of the molecule is COc1ccc(NC(=O)c2ccc(C(F)(F)F)nc2)cc1NC(C)=O. The van der Waals surface area contributed by atoms with Crippen LogP contribution in [0.15, 0.2) is 36.5 Å². The van der Waals surface area contributed by atoms with Crippen LogP contribution in [-0.4, -0.2) is 23.9 Å². The molecule has 0 saturated heterocycles. The highest BCUT2D eigenvalue weighted by Gasteiger charge is 2.32. The molecule has 0 saturated carbocycles. The highest BCUT2D eigenvalue weighted by Crippen LogP contribution is 2.29. The van der Waals surface area contributed by atoms with Crippen LogP contribution in [0, 0.1) is 0 Å². The third kappa shape index (κ3) is 4.69. The van der Waals surface area contributed by atoms with Crippen LogP contribution in [0.4, 0.5) is 24.5 Å². The van der Waals surface area contributed by atoms with Crippen LogP contribution in [0.5, 0.6) is 5.75 Å². The molecular weight excluding hydrogens is 339 g/mol. The van der Waals surface area contributed by atoms with Crippen molar-refractivity contribution in [2.45, 2.75) is 13.1 Å². The third-order valence-corrected chi connectivity index (χ3v) is 3.08. The first-order chi connectivity index (χ1) is 11.7. The van der Waals surface area contributed by atoms with Gasteiger partial charge in [0.05, 0.1) is 18.4 Å². The van der Waals surface area contributed by atoms with E-state index in [-0.39, 0.29) is 11.5 Å². The van der Waals surface area contributed by atoms with E-state index in [1.807, 2.05) is 0 Å². The van der Waals surface area contributed by atoms with Gasteiger partial charge in [-0.15, -0.1) is 0 Å². The van der Waals surface area contributed by atoms with Crippen molar-refractivity contribution in [2.75, 3.05) is 17.7 Å². The Morgan fingerprint density at radius 3 is 2.36 bits per heavy atom. The number of anilines is 2. The number of hydrogen-bond donors (Lipinski definition) is 2. The van der Waals surface area contributed by atoms with Gasteiger partial charge in [0.25, 0.3) is 5.91 Å². The molecule has 2 amide bonds. The maximum Gasteiger partial charge on any atom is 0.433 e. The molecule has 2 aromatic rings. The Kier molecular flexibility index (Phi) is 5.26. The van der Waals surface area contributed by atoms with Crippen LogP contribution < -0.4 is 15.4 Å². The zero-order chi connectivity index (χ0) is 18.6. The number of nitrogens with one attached hydrogen (secondary N) is 2. The van der Waals surface area contributed by atoms with Crippen molar-refractivity contribution in [3.63, 3.8) is 0 Å². The molecule has 0 unspecified atom stereocenters. The van der Waals surface area contributed by atoms with Gasteiger partial charge in [0, 0.05) is 18.8 Å². The molecule has 1 heterocycles. The molecule has 132 valence electrons. The molecule has 0 spiro atoms. The highest BCUT2D eigenvalue weighted by molar-refractivity contribution is 6.04. The second-order valence-electron chi connectivity index (χ2n) is 4.98. The van der Waals surface area contributed by atoms with E-state index in [2.05, 4.69) is 15.6 Å². The molecule has 1 aromatic heterocycles. The summed E-state index contributed by atoms with van der Waals surface area (Å²) in [6, 6.07) is 6.29. The smallest absolute Gasteiger partial charge is 0.433 e. The van der Waals surface area contributed by atoms with E-state index >= 15 is 0 Å². The number of hydrogen-bond acceptors (Lipinski definition) is 4. The van der Waals surface area contributed by atoms with Crippen LogP contribution in [0.25, 0.3) is 0 Å². The van der Waals surface area contributed by atoms with Gasteiger partial charge in [-0.3, -0.25) is 14.6 Å². The predicted molar refractivity (Wildman–Crippen MR) is 84.5 cm³/mol. The van der Waals surface area contributed by atoms with E-state index in [4.69, 9.17) is 4.74 Å². The van der Waals surface area contributed by atoms with Crippen molar-refractivity contribution in [1.82, 2.24) is 4.98 Å². The van der Waals surface area contributed by atoms with Gasteiger partial charge in [-0.05, 0) is 30.3 Å². The van der Waals surface area contributed by atoms with E-state index in [1.165, 1.54) is 32.2 Å². The van der Waals surface area contributed by atoms with Gasteiger partial charge < -0.3 is 15.4 Å². The number of pyridine rings is 1. The van der Waals surface area contributed by atoms with Crippen molar-refractivity contribution < 1.29 is 27.5 Å². The summed E-state index contributed by atoms with van der Waals surface area (Å²) < 4.78 is 42.5. The molecule has 25 heavy (non-hydrogen) atoms. The molecule has 2 N–H and O–H groups in total. The monoisotopic (exact) mass is 353 g/mol. The van der Waals surface area contributed by atoms with Crippen LogP contribution in [0.3, 0.4) is 0 Å². The molecule has 1 aromatic carbocycles. The van der Waals surface area contributed by atoms with Gasteiger partial charge in [-0.25, -0.2) is 0 Å². The molecule has 0 radical (unpaired) electrons. The summed E-state index contributed by atoms with van der Waals surface area (Å²) in [6.45, 7) is 1.32. The molecule has 0 aliphatic heterocycles. The van der Waals surface area contributed by atoms with E-state index in [0.717, 1.165) is 18.3 Å².